The lowest BCUT2D eigenvalue weighted by atomic mass is 10.0. The number of methoxy groups -OCH3 is 1. The Morgan fingerprint density at radius 1 is 0.894 bits per heavy atom. The summed E-state index contributed by atoms with van der Waals surface area (Å²) in [5.74, 6) is 1.89. The van der Waals surface area contributed by atoms with Crippen LogP contribution in [0.2, 0.25) is 0 Å². The quantitative estimate of drug-likeness (QED) is 0.179. The number of aromatic nitrogens is 4. The molecule has 1 aliphatic rings. The van der Waals surface area contributed by atoms with Crippen LogP contribution in [0.4, 0.5) is 11.5 Å². The average Bonchev–Trinajstić information content (AvgIpc) is 3.55. The van der Waals surface area contributed by atoms with Gasteiger partial charge < -0.3 is 25.0 Å². The Labute approximate surface area is 272 Å². The van der Waals surface area contributed by atoms with Gasteiger partial charge in [-0.2, -0.15) is 0 Å². The molecule has 1 amide bonds. The second kappa shape index (κ2) is 13.3. The number of imidazole rings is 1. The summed E-state index contributed by atoms with van der Waals surface area (Å²) in [5.41, 5.74) is 5.98. The van der Waals surface area contributed by atoms with Crippen LogP contribution in [0.25, 0.3) is 33.5 Å². The maximum Gasteiger partial charge on any atom is 0.255 e. The molecule has 1 aliphatic heterocycles. The number of aromatic hydroxyl groups is 1. The summed E-state index contributed by atoms with van der Waals surface area (Å²) in [4.78, 5) is 34.7. The van der Waals surface area contributed by atoms with Crippen molar-refractivity contribution in [3.05, 3.63) is 115 Å². The third-order valence-corrected chi connectivity index (χ3v) is 8.55. The lowest BCUT2D eigenvalue weighted by Gasteiger charge is -2.35. The molecular formula is C37H35N7O3. The standard InChI is InChI=1S/C37H35N7O3/c1-47-37-29(5-4-17-39-37)26-10-14-33(45)30(23-26)35-41-31-13-9-27(24-32(31)42-35)36(46)40-28-11-7-25(8-12-28)15-18-43-19-21-44(22-20-43)34-6-2-3-16-38-34/h2-14,16-17,23-24,45H,15,18-22H2,1H3,(H,40,46)(H,41,42). The number of benzene rings is 3. The number of H-pyrrole nitrogens is 1. The molecular weight excluding hydrogens is 590 g/mol. The fourth-order valence-corrected chi connectivity index (χ4v) is 5.93. The summed E-state index contributed by atoms with van der Waals surface area (Å²) >= 11 is 0. The van der Waals surface area contributed by atoms with Gasteiger partial charge in [-0.05, 0) is 84.3 Å². The van der Waals surface area contributed by atoms with Crippen LogP contribution < -0.4 is 15.0 Å². The lowest BCUT2D eigenvalue weighted by Crippen LogP contribution is -2.47. The first-order valence-electron chi connectivity index (χ1n) is 15.7. The van der Waals surface area contributed by atoms with E-state index in [1.54, 1.807) is 31.5 Å². The minimum Gasteiger partial charge on any atom is -0.507 e. The van der Waals surface area contributed by atoms with E-state index in [0.717, 1.165) is 67.3 Å². The fourth-order valence-electron chi connectivity index (χ4n) is 5.93. The van der Waals surface area contributed by atoms with E-state index in [0.29, 0.717) is 28.3 Å². The van der Waals surface area contributed by atoms with E-state index in [4.69, 9.17) is 9.72 Å². The zero-order valence-electron chi connectivity index (χ0n) is 26.1. The molecule has 236 valence electrons. The topological polar surface area (TPSA) is 120 Å². The van der Waals surface area contributed by atoms with Gasteiger partial charge in [0.05, 0.1) is 23.7 Å². The third-order valence-electron chi connectivity index (χ3n) is 8.55. The van der Waals surface area contributed by atoms with Crippen molar-refractivity contribution in [2.45, 2.75) is 6.42 Å². The van der Waals surface area contributed by atoms with Gasteiger partial charge in [-0.3, -0.25) is 9.69 Å². The first-order valence-corrected chi connectivity index (χ1v) is 15.7. The molecule has 3 aromatic heterocycles. The number of rotatable bonds is 9. The number of nitrogens with one attached hydrogen (secondary N) is 2. The fraction of sp³-hybridized carbons (Fsp3) is 0.189. The van der Waals surface area contributed by atoms with Crippen molar-refractivity contribution < 1.29 is 14.6 Å². The third kappa shape index (κ3) is 6.63. The van der Waals surface area contributed by atoms with Crippen molar-refractivity contribution in [1.82, 2.24) is 24.8 Å². The molecule has 3 N–H and O–H groups in total. The van der Waals surface area contributed by atoms with E-state index >= 15 is 0 Å². The highest BCUT2D eigenvalue weighted by atomic mass is 16.5. The molecule has 0 unspecified atom stereocenters. The van der Waals surface area contributed by atoms with Gasteiger partial charge in [-0.25, -0.2) is 15.0 Å². The Morgan fingerprint density at radius 3 is 2.51 bits per heavy atom. The van der Waals surface area contributed by atoms with E-state index in [1.165, 1.54) is 5.56 Å². The van der Waals surface area contributed by atoms with Gasteiger partial charge in [0.1, 0.15) is 17.4 Å². The zero-order chi connectivity index (χ0) is 32.2. The summed E-state index contributed by atoms with van der Waals surface area (Å²) in [6.45, 7) is 4.98. The monoisotopic (exact) mass is 625 g/mol. The van der Waals surface area contributed by atoms with E-state index < -0.39 is 0 Å². The average molecular weight is 626 g/mol. The highest BCUT2D eigenvalue weighted by molar-refractivity contribution is 6.06. The van der Waals surface area contributed by atoms with Crippen LogP contribution in [0.3, 0.4) is 0 Å². The van der Waals surface area contributed by atoms with Gasteiger partial charge >= 0.3 is 0 Å². The summed E-state index contributed by atoms with van der Waals surface area (Å²) < 4.78 is 5.42. The van der Waals surface area contributed by atoms with Crippen LogP contribution in [0.1, 0.15) is 15.9 Å². The maximum absolute atomic E-state index is 13.2. The number of phenols is 1. The Bertz CT molecular complexity index is 2000. The van der Waals surface area contributed by atoms with Gasteiger partial charge in [-0.15, -0.1) is 0 Å². The number of amides is 1. The number of hydrogen-bond donors (Lipinski definition) is 3. The van der Waals surface area contributed by atoms with Crippen LogP contribution in [0, 0.1) is 0 Å². The number of phenolic OH excluding ortho intramolecular Hbond substituents is 1. The molecule has 1 fully saturated rings. The predicted octanol–water partition coefficient (Wildman–Crippen LogP) is 6.02. The molecule has 6 aromatic rings. The molecule has 3 aromatic carbocycles. The van der Waals surface area contributed by atoms with Crippen molar-refractivity contribution in [2.24, 2.45) is 0 Å². The summed E-state index contributed by atoms with van der Waals surface area (Å²) in [5, 5.41) is 13.7. The smallest absolute Gasteiger partial charge is 0.255 e. The van der Waals surface area contributed by atoms with Gasteiger partial charge in [0.25, 0.3) is 5.91 Å². The maximum atomic E-state index is 13.2. The predicted molar refractivity (Wildman–Crippen MR) is 184 cm³/mol. The van der Waals surface area contributed by atoms with Crippen LogP contribution in [0.15, 0.2) is 103 Å². The molecule has 4 heterocycles. The van der Waals surface area contributed by atoms with E-state index in [9.17, 15) is 9.90 Å². The number of anilines is 2. The molecule has 0 radical (unpaired) electrons. The number of ether oxygens (including phenoxy) is 1. The largest absolute Gasteiger partial charge is 0.507 e. The molecule has 0 saturated carbocycles. The minimum atomic E-state index is -0.219. The molecule has 0 bridgehead atoms. The normalized spacial score (nSPS) is 13.5. The Kier molecular flexibility index (Phi) is 8.48. The molecule has 47 heavy (non-hydrogen) atoms. The number of aromatic amines is 1. The van der Waals surface area contributed by atoms with Crippen LogP contribution >= 0.6 is 0 Å². The summed E-state index contributed by atoms with van der Waals surface area (Å²) in [6, 6.07) is 28.4. The van der Waals surface area contributed by atoms with Crippen molar-refractivity contribution in [3.63, 3.8) is 0 Å². The SMILES string of the molecule is COc1ncccc1-c1ccc(O)c(-c2nc3cc(C(=O)Nc4ccc(CCN5CCN(c6ccccn6)CC5)cc4)ccc3[nH]2)c1. The Hall–Kier alpha value is -5.74. The summed E-state index contributed by atoms with van der Waals surface area (Å²) in [6.07, 6.45) is 4.46. The number of carbonyl (C=O) groups excluding carboxylic acids is 1. The van der Waals surface area contributed by atoms with E-state index in [-0.39, 0.29) is 11.7 Å². The van der Waals surface area contributed by atoms with Crippen LogP contribution in [-0.4, -0.2) is 75.7 Å². The molecule has 1 saturated heterocycles. The van der Waals surface area contributed by atoms with Crippen molar-refractivity contribution in [1.29, 1.82) is 0 Å². The molecule has 10 nitrogen and oxygen atoms in total. The van der Waals surface area contributed by atoms with Gasteiger partial charge in [0.2, 0.25) is 5.88 Å². The highest BCUT2D eigenvalue weighted by Gasteiger charge is 2.18. The van der Waals surface area contributed by atoms with E-state index in [1.807, 2.05) is 60.8 Å². The number of fused-ring (bicyclic) bond motifs is 1. The van der Waals surface area contributed by atoms with Crippen molar-refractivity contribution >= 4 is 28.4 Å². The van der Waals surface area contributed by atoms with Crippen molar-refractivity contribution in [3.8, 4) is 34.1 Å². The number of nitrogens with zero attached hydrogens (tertiary/aromatic N) is 5. The first-order chi connectivity index (χ1) is 23.0. The Balaban J connectivity index is 0.977. The van der Waals surface area contributed by atoms with Crippen LogP contribution in [0.5, 0.6) is 11.6 Å². The molecule has 0 spiro atoms. The number of pyridine rings is 2. The number of carbonyl (C=O) groups is 1. The van der Waals surface area contributed by atoms with Gasteiger partial charge in [0.15, 0.2) is 0 Å². The second-order valence-electron chi connectivity index (χ2n) is 11.5. The highest BCUT2D eigenvalue weighted by Crippen LogP contribution is 2.35. The molecule has 10 heteroatoms. The first kappa shape index (κ1) is 29.9. The minimum absolute atomic E-state index is 0.0836. The second-order valence-corrected chi connectivity index (χ2v) is 11.5. The lowest BCUT2D eigenvalue weighted by molar-refractivity contribution is 0.102. The number of piperazine rings is 1. The molecule has 7 rings (SSSR count). The molecule has 0 atom stereocenters. The zero-order valence-corrected chi connectivity index (χ0v) is 26.1. The van der Waals surface area contributed by atoms with Gasteiger partial charge in [-0.1, -0.05) is 24.3 Å². The van der Waals surface area contributed by atoms with Crippen molar-refractivity contribution in [2.75, 3.05) is 50.1 Å². The van der Waals surface area contributed by atoms with Gasteiger partial charge in [0, 0.05) is 61.9 Å². The summed E-state index contributed by atoms with van der Waals surface area (Å²) in [7, 11) is 1.57. The number of hydrogen-bond acceptors (Lipinski definition) is 8. The molecule has 0 aliphatic carbocycles. The Morgan fingerprint density at radius 2 is 1.72 bits per heavy atom. The van der Waals surface area contributed by atoms with E-state index in [2.05, 4.69) is 48.3 Å². The van der Waals surface area contributed by atoms with Crippen LogP contribution in [-0.2, 0) is 6.42 Å².